The van der Waals surface area contributed by atoms with E-state index in [0.717, 1.165) is 12.5 Å². The van der Waals surface area contributed by atoms with Crippen molar-refractivity contribution in [1.82, 2.24) is 10.6 Å². The molecule has 1 fully saturated rings. The summed E-state index contributed by atoms with van der Waals surface area (Å²) in [4.78, 5) is 0. The van der Waals surface area contributed by atoms with Gasteiger partial charge >= 0.3 is 0 Å². The second-order valence-corrected chi connectivity index (χ2v) is 6.11. The van der Waals surface area contributed by atoms with Crippen LogP contribution in [0.15, 0.2) is 18.2 Å². The van der Waals surface area contributed by atoms with Gasteiger partial charge in [0, 0.05) is 6.04 Å². The number of fused-ring (bicyclic) bond motifs is 1. The summed E-state index contributed by atoms with van der Waals surface area (Å²) in [6, 6.07) is 7.73. The van der Waals surface area contributed by atoms with E-state index in [4.69, 9.17) is 0 Å². The minimum absolute atomic E-state index is 0.514. The first kappa shape index (κ1) is 13.1. The summed E-state index contributed by atoms with van der Waals surface area (Å²) in [5.74, 6) is 0.736. The molecule has 1 saturated heterocycles. The predicted octanol–water partition coefficient (Wildman–Crippen LogP) is 2.83. The van der Waals surface area contributed by atoms with E-state index in [1.165, 1.54) is 50.6 Å². The molecule has 2 unspecified atom stereocenters. The number of piperidine rings is 1. The van der Waals surface area contributed by atoms with Gasteiger partial charge in [-0.1, -0.05) is 18.2 Å². The SMILES string of the molecule is CNC(c1ccc2c(c1)CCCC2)C1CCCNC1. The molecule has 2 heteroatoms. The molecule has 2 N–H and O–H groups in total. The van der Waals surface area contributed by atoms with E-state index in [2.05, 4.69) is 35.9 Å². The monoisotopic (exact) mass is 258 g/mol. The lowest BCUT2D eigenvalue weighted by molar-refractivity contribution is 0.298. The maximum atomic E-state index is 3.55. The molecule has 0 radical (unpaired) electrons. The molecule has 0 aromatic heterocycles. The standard InChI is InChI=1S/C17H26N2/c1-18-17(16-7-4-10-19-12-16)15-9-8-13-5-2-3-6-14(13)11-15/h8-9,11,16-19H,2-7,10,12H2,1H3. The van der Waals surface area contributed by atoms with E-state index in [-0.39, 0.29) is 0 Å². The maximum Gasteiger partial charge on any atom is 0.0358 e. The van der Waals surface area contributed by atoms with Crippen LogP contribution in [0.25, 0.3) is 0 Å². The molecule has 1 aromatic rings. The summed E-state index contributed by atoms with van der Waals surface area (Å²) in [7, 11) is 2.11. The van der Waals surface area contributed by atoms with Crippen molar-refractivity contribution >= 4 is 0 Å². The summed E-state index contributed by atoms with van der Waals surface area (Å²) < 4.78 is 0. The molecule has 2 atom stereocenters. The van der Waals surface area contributed by atoms with Gasteiger partial charge in [-0.25, -0.2) is 0 Å². The van der Waals surface area contributed by atoms with Gasteiger partial charge in [0.15, 0.2) is 0 Å². The fourth-order valence-electron chi connectivity index (χ4n) is 3.78. The Bertz CT molecular complexity index is 421. The molecule has 1 heterocycles. The van der Waals surface area contributed by atoms with Crippen LogP contribution in [0.3, 0.4) is 0 Å². The fraction of sp³-hybridized carbons (Fsp3) is 0.647. The number of hydrogen-bond donors (Lipinski definition) is 2. The average molecular weight is 258 g/mol. The number of hydrogen-bond acceptors (Lipinski definition) is 2. The molecule has 2 aliphatic rings. The summed E-state index contributed by atoms with van der Waals surface area (Å²) in [6.07, 6.45) is 7.96. The zero-order valence-corrected chi connectivity index (χ0v) is 12.0. The molecule has 1 aromatic carbocycles. The van der Waals surface area contributed by atoms with Crippen LogP contribution in [0, 0.1) is 5.92 Å². The Labute approximate surface area is 117 Å². The Morgan fingerprint density at radius 2 is 2.00 bits per heavy atom. The lowest BCUT2D eigenvalue weighted by Crippen LogP contribution is -2.37. The third kappa shape index (κ3) is 2.85. The van der Waals surface area contributed by atoms with Gasteiger partial charge < -0.3 is 10.6 Å². The summed E-state index contributed by atoms with van der Waals surface area (Å²) in [5, 5.41) is 7.10. The van der Waals surface area contributed by atoms with E-state index < -0.39 is 0 Å². The number of nitrogens with one attached hydrogen (secondary N) is 2. The van der Waals surface area contributed by atoms with Gasteiger partial charge in [-0.15, -0.1) is 0 Å². The van der Waals surface area contributed by atoms with Gasteiger partial charge in [0.2, 0.25) is 0 Å². The Hall–Kier alpha value is -0.860. The second-order valence-electron chi connectivity index (χ2n) is 6.11. The van der Waals surface area contributed by atoms with E-state index in [9.17, 15) is 0 Å². The van der Waals surface area contributed by atoms with Crippen LogP contribution >= 0.6 is 0 Å². The Morgan fingerprint density at radius 3 is 2.74 bits per heavy atom. The third-order valence-electron chi connectivity index (χ3n) is 4.85. The Balaban J connectivity index is 1.82. The first-order chi connectivity index (χ1) is 9.38. The topological polar surface area (TPSA) is 24.1 Å². The number of rotatable bonds is 3. The van der Waals surface area contributed by atoms with Gasteiger partial charge in [-0.2, -0.15) is 0 Å². The van der Waals surface area contributed by atoms with Gasteiger partial charge in [0.25, 0.3) is 0 Å². The third-order valence-corrected chi connectivity index (χ3v) is 4.85. The van der Waals surface area contributed by atoms with Crippen LogP contribution in [0.4, 0.5) is 0 Å². The lowest BCUT2D eigenvalue weighted by atomic mass is 9.84. The normalized spacial score (nSPS) is 24.8. The van der Waals surface area contributed by atoms with Crippen molar-refractivity contribution in [2.45, 2.75) is 44.6 Å². The summed E-state index contributed by atoms with van der Waals surface area (Å²) in [6.45, 7) is 2.35. The zero-order valence-electron chi connectivity index (χ0n) is 12.0. The van der Waals surface area contributed by atoms with Gasteiger partial charge in [0.1, 0.15) is 0 Å². The van der Waals surface area contributed by atoms with Crippen LogP contribution in [-0.4, -0.2) is 20.1 Å². The van der Waals surface area contributed by atoms with Gasteiger partial charge in [0.05, 0.1) is 0 Å². The lowest BCUT2D eigenvalue weighted by Gasteiger charge is -2.31. The first-order valence-electron chi connectivity index (χ1n) is 7.88. The van der Waals surface area contributed by atoms with Crippen molar-refractivity contribution in [3.63, 3.8) is 0 Å². The van der Waals surface area contributed by atoms with E-state index >= 15 is 0 Å². The molecular weight excluding hydrogens is 232 g/mol. The molecule has 104 valence electrons. The predicted molar refractivity (Wildman–Crippen MR) is 80.5 cm³/mol. The van der Waals surface area contributed by atoms with Crippen molar-refractivity contribution in [3.8, 4) is 0 Å². The van der Waals surface area contributed by atoms with Crippen molar-refractivity contribution in [3.05, 3.63) is 34.9 Å². The van der Waals surface area contributed by atoms with Crippen LogP contribution in [0.1, 0.15) is 48.4 Å². The number of benzene rings is 1. The molecule has 19 heavy (non-hydrogen) atoms. The molecule has 2 nitrogen and oxygen atoms in total. The highest BCUT2D eigenvalue weighted by Gasteiger charge is 2.24. The molecule has 3 rings (SSSR count). The van der Waals surface area contributed by atoms with Crippen molar-refractivity contribution in [2.75, 3.05) is 20.1 Å². The molecule has 0 saturated carbocycles. The van der Waals surface area contributed by atoms with Crippen LogP contribution in [0.2, 0.25) is 0 Å². The highest BCUT2D eigenvalue weighted by atomic mass is 14.9. The Kier molecular flexibility index (Phi) is 4.19. The molecule has 0 bridgehead atoms. The largest absolute Gasteiger partial charge is 0.316 e. The van der Waals surface area contributed by atoms with Gasteiger partial charge in [-0.05, 0) is 81.3 Å². The van der Waals surface area contributed by atoms with Crippen molar-refractivity contribution in [2.24, 2.45) is 5.92 Å². The first-order valence-corrected chi connectivity index (χ1v) is 7.88. The van der Waals surface area contributed by atoms with Crippen molar-refractivity contribution in [1.29, 1.82) is 0 Å². The molecule has 0 spiro atoms. The maximum absolute atomic E-state index is 3.55. The quantitative estimate of drug-likeness (QED) is 0.871. The zero-order chi connectivity index (χ0) is 13.1. The molecule has 0 amide bonds. The van der Waals surface area contributed by atoms with E-state index in [0.29, 0.717) is 6.04 Å². The van der Waals surface area contributed by atoms with Crippen molar-refractivity contribution < 1.29 is 0 Å². The highest BCUT2D eigenvalue weighted by Crippen LogP contribution is 2.30. The molecule has 1 aliphatic heterocycles. The summed E-state index contributed by atoms with van der Waals surface area (Å²) in [5.41, 5.74) is 4.69. The smallest absolute Gasteiger partial charge is 0.0358 e. The van der Waals surface area contributed by atoms with Crippen LogP contribution < -0.4 is 10.6 Å². The molecule has 1 aliphatic carbocycles. The Morgan fingerprint density at radius 1 is 1.16 bits per heavy atom. The number of aryl methyl sites for hydroxylation is 2. The minimum Gasteiger partial charge on any atom is -0.316 e. The van der Waals surface area contributed by atoms with E-state index in [1.54, 1.807) is 11.1 Å². The van der Waals surface area contributed by atoms with Crippen LogP contribution in [-0.2, 0) is 12.8 Å². The van der Waals surface area contributed by atoms with Gasteiger partial charge in [-0.3, -0.25) is 0 Å². The minimum atomic E-state index is 0.514. The highest BCUT2D eigenvalue weighted by molar-refractivity contribution is 5.35. The second kappa shape index (κ2) is 6.06. The fourth-order valence-corrected chi connectivity index (χ4v) is 3.78. The van der Waals surface area contributed by atoms with E-state index in [1.807, 2.05) is 0 Å². The molecular formula is C17H26N2. The average Bonchev–Trinajstić information content (AvgIpc) is 2.49. The van der Waals surface area contributed by atoms with Crippen LogP contribution in [0.5, 0.6) is 0 Å². The summed E-state index contributed by atoms with van der Waals surface area (Å²) >= 11 is 0.